The quantitative estimate of drug-likeness (QED) is 0.743. The molecule has 1 aromatic carbocycles. The number of rotatable bonds is 3. The van der Waals surface area contributed by atoms with E-state index in [2.05, 4.69) is 17.1 Å². The highest BCUT2D eigenvalue weighted by molar-refractivity contribution is 7.99. The number of thioether (sulfide) groups is 1. The molecule has 0 atom stereocenters. The number of aromatic nitrogens is 3. The standard InChI is InChI=1S/C14H13N3OS/c1-2-19-14-16-15-13(11-7-5-9-17(11)14)10-6-3-4-8-12(10)18/h3-9,18H,2H2,1H3. The Kier molecular flexibility index (Phi) is 3.13. The summed E-state index contributed by atoms with van der Waals surface area (Å²) in [5.41, 5.74) is 2.35. The van der Waals surface area contributed by atoms with Gasteiger partial charge in [-0.25, -0.2) is 0 Å². The Bertz CT molecular complexity index is 724. The molecule has 0 spiro atoms. The van der Waals surface area contributed by atoms with Crippen molar-refractivity contribution in [2.45, 2.75) is 12.1 Å². The van der Waals surface area contributed by atoms with Crippen molar-refractivity contribution in [3.05, 3.63) is 42.6 Å². The molecule has 5 heteroatoms. The van der Waals surface area contributed by atoms with Crippen molar-refractivity contribution in [2.75, 3.05) is 5.75 Å². The van der Waals surface area contributed by atoms with Crippen LogP contribution in [-0.2, 0) is 0 Å². The summed E-state index contributed by atoms with van der Waals surface area (Å²) >= 11 is 1.64. The van der Waals surface area contributed by atoms with Crippen molar-refractivity contribution in [1.82, 2.24) is 14.6 Å². The van der Waals surface area contributed by atoms with Crippen LogP contribution in [0.4, 0.5) is 0 Å². The van der Waals surface area contributed by atoms with E-state index in [-0.39, 0.29) is 5.75 Å². The molecule has 0 aliphatic heterocycles. The van der Waals surface area contributed by atoms with E-state index in [4.69, 9.17) is 0 Å². The molecule has 3 rings (SSSR count). The molecule has 2 heterocycles. The van der Waals surface area contributed by atoms with Crippen LogP contribution >= 0.6 is 11.8 Å². The van der Waals surface area contributed by atoms with Gasteiger partial charge < -0.3 is 5.11 Å². The molecule has 19 heavy (non-hydrogen) atoms. The molecule has 4 nitrogen and oxygen atoms in total. The molecule has 0 unspecified atom stereocenters. The first kappa shape index (κ1) is 12.0. The van der Waals surface area contributed by atoms with Crippen LogP contribution in [0, 0.1) is 0 Å². The van der Waals surface area contributed by atoms with E-state index in [0.717, 1.165) is 16.4 Å². The van der Waals surface area contributed by atoms with Crippen LogP contribution in [0.15, 0.2) is 47.8 Å². The highest BCUT2D eigenvalue weighted by atomic mass is 32.2. The fourth-order valence-corrected chi connectivity index (χ4v) is 2.68. The Morgan fingerprint density at radius 1 is 1.16 bits per heavy atom. The smallest absolute Gasteiger partial charge is 0.194 e. The van der Waals surface area contributed by atoms with Gasteiger partial charge in [-0.3, -0.25) is 4.40 Å². The first-order valence-electron chi connectivity index (χ1n) is 6.06. The number of hydrogen-bond acceptors (Lipinski definition) is 4. The minimum absolute atomic E-state index is 0.218. The lowest BCUT2D eigenvalue weighted by molar-refractivity contribution is 0.477. The second-order valence-electron chi connectivity index (χ2n) is 4.04. The molecule has 0 radical (unpaired) electrons. The Balaban J connectivity index is 2.24. The Morgan fingerprint density at radius 2 is 2.00 bits per heavy atom. The van der Waals surface area contributed by atoms with Crippen LogP contribution in [0.3, 0.4) is 0 Å². The molecule has 0 aliphatic carbocycles. The minimum Gasteiger partial charge on any atom is -0.507 e. The average molecular weight is 271 g/mol. The second-order valence-corrected chi connectivity index (χ2v) is 5.28. The van der Waals surface area contributed by atoms with E-state index in [9.17, 15) is 5.11 Å². The zero-order chi connectivity index (χ0) is 13.2. The number of para-hydroxylation sites is 1. The summed E-state index contributed by atoms with van der Waals surface area (Å²) in [5, 5.41) is 19.3. The van der Waals surface area contributed by atoms with Gasteiger partial charge >= 0.3 is 0 Å². The van der Waals surface area contributed by atoms with Crippen LogP contribution in [0.1, 0.15) is 6.92 Å². The number of phenols is 1. The third-order valence-corrected chi connectivity index (χ3v) is 3.69. The van der Waals surface area contributed by atoms with Crippen molar-refractivity contribution in [2.24, 2.45) is 0 Å². The van der Waals surface area contributed by atoms with E-state index in [0.29, 0.717) is 11.3 Å². The van der Waals surface area contributed by atoms with E-state index in [1.165, 1.54) is 0 Å². The average Bonchev–Trinajstić information content (AvgIpc) is 2.90. The number of phenolic OH excluding ortho intramolecular Hbond substituents is 1. The van der Waals surface area contributed by atoms with Gasteiger partial charge in [0.05, 0.1) is 5.52 Å². The summed E-state index contributed by atoms with van der Waals surface area (Å²) in [4.78, 5) is 0. The van der Waals surface area contributed by atoms with E-state index in [1.54, 1.807) is 23.9 Å². The normalized spacial score (nSPS) is 11.0. The van der Waals surface area contributed by atoms with Crippen LogP contribution in [0.5, 0.6) is 5.75 Å². The van der Waals surface area contributed by atoms with Crippen molar-refractivity contribution in [3.63, 3.8) is 0 Å². The van der Waals surface area contributed by atoms with Gasteiger partial charge in [-0.1, -0.05) is 30.8 Å². The summed E-state index contributed by atoms with van der Waals surface area (Å²) < 4.78 is 2.00. The molecule has 2 aromatic heterocycles. The van der Waals surface area contributed by atoms with Gasteiger partial charge in [0.15, 0.2) is 5.16 Å². The fourth-order valence-electron chi connectivity index (χ4n) is 2.03. The third-order valence-electron chi connectivity index (χ3n) is 2.87. The maximum atomic E-state index is 9.95. The summed E-state index contributed by atoms with van der Waals surface area (Å²) in [5.74, 6) is 1.16. The van der Waals surface area contributed by atoms with Crippen LogP contribution in [-0.4, -0.2) is 25.5 Å². The third kappa shape index (κ3) is 2.06. The maximum absolute atomic E-state index is 9.95. The molecule has 0 bridgehead atoms. The Labute approximate surface area is 115 Å². The van der Waals surface area contributed by atoms with Gasteiger partial charge in [-0.05, 0) is 30.0 Å². The molecule has 0 amide bonds. The van der Waals surface area contributed by atoms with E-state index >= 15 is 0 Å². The summed E-state index contributed by atoms with van der Waals surface area (Å²) in [7, 11) is 0. The van der Waals surface area contributed by atoms with Crippen LogP contribution in [0.2, 0.25) is 0 Å². The van der Waals surface area contributed by atoms with E-state index < -0.39 is 0 Å². The molecule has 0 fully saturated rings. The van der Waals surface area contributed by atoms with Crippen LogP contribution < -0.4 is 0 Å². The van der Waals surface area contributed by atoms with Crippen molar-refractivity contribution in [1.29, 1.82) is 0 Å². The van der Waals surface area contributed by atoms with E-state index in [1.807, 2.05) is 34.9 Å². The maximum Gasteiger partial charge on any atom is 0.194 e. The lowest BCUT2D eigenvalue weighted by Gasteiger charge is -2.08. The highest BCUT2D eigenvalue weighted by Gasteiger charge is 2.13. The SMILES string of the molecule is CCSc1nnc(-c2ccccc2O)c2cccn12. The van der Waals surface area contributed by atoms with Crippen molar-refractivity contribution < 1.29 is 5.11 Å². The molecule has 0 saturated heterocycles. The monoisotopic (exact) mass is 271 g/mol. The first-order valence-corrected chi connectivity index (χ1v) is 7.04. The van der Waals surface area contributed by atoms with Gasteiger partial charge in [0, 0.05) is 11.8 Å². The lowest BCUT2D eigenvalue weighted by Crippen LogP contribution is -1.99. The van der Waals surface area contributed by atoms with Crippen molar-refractivity contribution >= 4 is 17.3 Å². The van der Waals surface area contributed by atoms with Gasteiger partial charge in [0.1, 0.15) is 11.4 Å². The van der Waals surface area contributed by atoms with Gasteiger partial charge in [-0.15, -0.1) is 10.2 Å². The van der Waals surface area contributed by atoms with Crippen LogP contribution in [0.25, 0.3) is 16.8 Å². The summed E-state index contributed by atoms with van der Waals surface area (Å²) in [6.45, 7) is 2.08. The minimum atomic E-state index is 0.218. The largest absolute Gasteiger partial charge is 0.507 e. The Hall–Kier alpha value is -2.01. The molecular weight excluding hydrogens is 258 g/mol. The molecule has 0 aliphatic rings. The number of hydrogen-bond donors (Lipinski definition) is 1. The molecule has 3 aromatic rings. The Morgan fingerprint density at radius 3 is 2.79 bits per heavy atom. The predicted octanol–water partition coefficient (Wildman–Crippen LogP) is 3.21. The zero-order valence-electron chi connectivity index (χ0n) is 10.4. The number of benzene rings is 1. The first-order chi connectivity index (χ1) is 9.31. The summed E-state index contributed by atoms with van der Waals surface area (Å²) in [6.07, 6.45) is 1.96. The summed E-state index contributed by atoms with van der Waals surface area (Å²) in [6, 6.07) is 11.1. The second kappa shape index (κ2) is 4.93. The molecule has 1 N–H and O–H groups in total. The molecule has 96 valence electrons. The van der Waals surface area contributed by atoms with Gasteiger partial charge in [-0.2, -0.15) is 0 Å². The molecule has 0 saturated carbocycles. The highest BCUT2D eigenvalue weighted by Crippen LogP contribution is 2.31. The van der Waals surface area contributed by atoms with Gasteiger partial charge in [0.2, 0.25) is 0 Å². The number of nitrogens with zero attached hydrogens (tertiary/aromatic N) is 3. The number of fused-ring (bicyclic) bond motifs is 1. The fraction of sp³-hybridized carbons (Fsp3) is 0.143. The predicted molar refractivity (Wildman–Crippen MR) is 76.5 cm³/mol. The topological polar surface area (TPSA) is 50.4 Å². The van der Waals surface area contributed by atoms with Crippen molar-refractivity contribution in [3.8, 4) is 17.0 Å². The number of aromatic hydroxyl groups is 1. The zero-order valence-corrected chi connectivity index (χ0v) is 11.3. The van der Waals surface area contributed by atoms with Gasteiger partial charge in [0.25, 0.3) is 0 Å². The lowest BCUT2D eigenvalue weighted by atomic mass is 10.1. The molecular formula is C14H13N3OS.